The molecule has 1 N–H and O–H groups in total. The van der Waals surface area contributed by atoms with Gasteiger partial charge in [-0.15, -0.1) is 0 Å². The van der Waals surface area contributed by atoms with Gasteiger partial charge in [0, 0.05) is 13.1 Å². The summed E-state index contributed by atoms with van der Waals surface area (Å²) in [4.78, 5) is 28.3. The zero-order chi connectivity index (χ0) is 27.9. The first-order valence-corrected chi connectivity index (χ1v) is 14.4. The lowest BCUT2D eigenvalue weighted by molar-refractivity contribution is -0.140. The maximum absolute atomic E-state index is 13.9. The molecule has 3 aromatic carbocycles. The molecule has 0 saturated carbocycles. The Bertz CT molecular complexity index is 1370. The Labute approximate surface area is 234 Å². The molecule has 0 unspecified atom stereocenters. The number of nitrogens with one attached hydrogen (secondary N) is 1. The van der Waals surface area contributed by atoms with Gasteiger partial charge < -0.3 is 10.2 Å². The van der Waals surface area contributed by atoms with Gasteiger partial charge in [-0.25, -0.2) is 8.42 Å². The van der Waals surface area contributed by atoms with Crippen LogP contribution in [0.4, 0.5) is 5.69 Å². The lowest BCUT2D eigenvalue weighted by Crippen LogP contribution is -2.52. The second-order valence-electron chi connectivity index (χ2n) is 8.75. The van der Waals surface area contributed by atoms with Crippen LogP contribution in [0.3, 0.4) is 0 Å². The van der Waals surface area contributed by atoms with Crippen molar-refractivity contribution in [1.29, 1.82) is 0 Å². The predicted molar refractivity (Wildman–Crippen MR) is 152 cm³/mol. The van der Waals surface area contributed by atoms with E-state index in [1.54, 1.807) is 74.5 Å². The highest BCUT2D eigenvalue weighted by atomic mass is 35.5. The van der Waals surface area contributed by atoms with Crippen LogP contribution in [-0.2, 0) is 26.2 Å². The van der Waals surface area contributed by atoms with E-state index in [9.17, 15) is 18.0 Å². The quantitative estimate of drug-likeness (QED) is 0.330. The van der Waals surface area contributed by atoms with Crippen LogP contribution in [0.2, 0.25) is 10.0 Å². The standard InChI is InChI=1S/C28H31Cl2N3O4S/c1-4-26(28(35)31-5-2)32(18-21-13-16-24(29)25(30)17-21)27(34)19-33(22-14-11-20(3)12-15-22)38(36,37)23-9-7-6-8-10-23/h6-17,26H,4-5,18-19H2,1-3H3,(H,31,35)/t26-/m0/s1. The van der Waals surface area contributed by atoms with Crippen LogP contribution in [0.1, 0.15) is 31.4 Å². The number of carbonyl (C=O) groups excluding carboxylic acids is 2. The summed E-state index contributed by atoms with van der Waals surface area (Å²) in [6.45, 7) is 5.41. The molecule has 0 aliphatic rings. The van der Waals surface area contributed by atoms with E-state index in [1.165, 1.54) is 17.0 Å². The smallest absolute Gasteiger partial charge is 0.264 e. The predicted octanol–water partition coefficient (Wildman–Crippen LogP) is 5.44. The van der Waals surface area contributed by atoms with Crippen molar-refractivity contribution in [2.24, 2.45) is 0 Å². The monoisotopic (exact) mass is 575 g/mol. The van der Waals surface area contributed by atoms with Crippen molar-refractivity contribution < 1.29 is 18.0 Å². The molecule has 0 saturated heterocycles. The minimum atomic E-state index is -4.10. The van der Waals surface area contributed by atoms with Gasteiger partial charge >= 0.3 is 0 Å². The Kier molecular flexibility index (Phi) is 10.2. The second-order valence-corrected chi connectivity index (χ2v) is 11.4. The van der Waals surface area contributed by atoms with E-state index >= 15 is 0 Å². The molecule has 0 radical (unpaired) electrons. The molecule has 202 valence electrons. The third-order valence-corrected chi connectivity index (χ3v) is 8.53. The Morgan fingerprint density at radius 1 is 0.921 bits per heavy atom. The number of aryl methyl sites for hydroxylation is 1. The van der Waals surface area contributed by atoms with E-state index in [4.69, 9.17) is 23.2 Å². The van der Waals surface area contributed by atoms with Crippen molar-refractivity contribution >= 4 is 50.7 Å². The summed E-state index contributed by atoms with van der Waals surface area (Å²) in [6, 6.07) is 19.0. The fourth-order valence-corrected chi connectivity index (χ4v) is 5.76. The third-order valence-electron chi connectivity index (χ3n) is 6.01. The number of carbonyl (C=O) groups is 2. The highest BCUT2D eigenvalue weighted by Gasteiger charge is 2.33. The van der Waals surface area contributed by atoms with Crippen molar-refractivity contribution in [1.82, 2.24) is 10.2 Å². The Morgan fingerprint density at radius 2 is 1.58 bits per heavy atom. The van der Waals surface area contributed by atoms with Gasteiger partial charge in [-0.1, -0.05) is 72.1 Å². The maximum Gasteiger partial charge on any atom is 0.264 e. The maximum atomic E-state index is 13.9. The van der Waals surface area contributed by atoms with Crippen LogP contribution in [-0.4, -0.2) is 44.3 Å². The zero-order valence-corrected chi connectivity index (χ0v) is 23.9. The fraction of sp³-hybridized carbons (Fsp3) is 0.286. The number of benzene rings is 3. The van der Waals surface area contributed by atoms with Crippen molar-refractivity contribution in [2.45, 2.75) is 44.7 Å². The Hall–Kier alpha value is -3.07. The number of hydrogen-bond acceptors (Lipinski definition) is 4. The number of halogens is 2. The summed E-state index contributed by atoms with van der Waals surface area (Å²) >= 11 is 12.3. The Morgan fingerprint density at radius 3 is 2.16 bits per heavy atom. The van der Waals surface area contributed by atoms with Gasteiger partial charge in [-0.05, 0) is 62.2 Å². The van der Waals surface area contributed by atoms with Gasteiger partial charge in [0.1, 0.15) is 12.6 Å². The second kappa shape index (κ2) is 13.1. The zero-order valence-electron chi connectivity index (χ0n) is 21.5. The van der Waals surface area contributed by atoms with E-state index < -0.39 is 28.5 Å². The average molecular weight is 577 g/mol. The lowest BCUT2D eigenvalue weighted by atomic mass is 10.1. The summed E-state index contributed by atoms with van der Waals surface area (Å²) < 4.78 is 28.6. The fourth-order valence-electron chi connectivity index (χ4n) is 4.01. The van der Waals surface area contributed by atoms with Crippen LogP contribution in [0.25, 0.3) is 0 Å². The average Bonchev–Trinajstić information content (AvgIpc) is 2.90. The molecular weight excluding hydrogens is 545 g/mol. The van der Waals surface area contributed by atoms with Gasteiger partial charge in [-0.3, -0.25) is 13.9 Å². The van der Waals surface area contributed by atoms with Gasteiger partial charge in [0.15, 0.2) is 0 Å². The number of amides is 2. The first-order valence-electron chi connectivity index (χ1n) is 12.2. The van der Waals surface area contributed by atoms with Crippen molar-refractivity contribution in [3.63, 3.8) is 0 Å². The van der Waals surface area contributed by atoms with Crippen molar-refractivity contribution in [3.8, 4) is 0 Å². The number of hydrogen-bond donors (Lipinski definition) is 1. The SMILES string of the molecule is CCNC(=O)[C@H](CC)N(Cc1ccc(Cl)c(Cl)c1)C(=O)CN(c1ccc(C)cc1)S(=O)(=O)c1ccccc1. The van der Waals surface area contributed by atoms with E-state index in [-0.39, 0.29) is 17.3 Å². The van der Waals surface area contributed by atoms with E-state index in [0.717, 1.165) is 9.87 Å². The number of rotatable bonds is 11. The van der Waals surface area contributed by atoms with Gasteiger partial charge in [0.2, 0.25) is 11.8 Å². The van der Waals surface area contributed by atoms with Crippen LogP contribution in [0, 0.1) is 6.92 Å². The highest BCUT2D eigenvalue weighted by molar-refractivity contribution is 7.92. The summed E-state index contributed by atoms with van der Waals surface area (Å²) in [6.07, 6.45) is 0.328. The van der Waals surface area contributed by atoms with E-state index in [2.05, 4.69) is 5.32 Å². The molecule has 1 atom stereocenters. The third kappa shape index (κ3) is 7.07. The molecule has 10 heteroatoms. The summed E-state index contributed by atoms with van der Waals surface area (Å²) in [7, 11) is -4.10. The van der Waals surface area contributed by atoms with Crippen LogP contribution >= 0.6 is 23.2 Å². The molecule has 0 aliphatic carbocycles. The molecule has 0 aromatic heterocycles. The summed E-state index contributed by atoms with van der Waals surface area (Å²) in [5.74, 6) is -0.856. The van der Waals surface area contributed by atoms with Gasteiger partial charge in [-0.2, -0.15) is 0 Å². The first-order chi connectivity index (χ1) is 18.1. The van der Waals surface area contributed by atoms with E-state index in [1.807, 2.05) is 6.92 Å². The Balaban J connectivity index is 2.05. The number of likely N-dealkylation sites (N-methyl/N-ethyl adjacent to an activating group) is 1. The molecule has 0 spiro atoms. The number of sulfonamides is 1. The molecule has 0 heterocycles. The van der Waals surface area contributed by atoms with Crippen molar-refractivity contribution in [2.75, 3.05) is 17.4 Å². The molecule has 2 amide bonds. The molecule has 0 bridgehead atoms. The molecule has 7 nitrogen and oxygen atoms in total. The summed E-state index contributed by atoms with van der Waals surface area (Å²) in [5.41, 5.74) is 1.94. The van der Waals surface area contributed by atoms with Crippen LogP contribution < -0.4 is 9.62 Å². The molecule has 0 fully saturated rings. The normalized spacial score (nSPS) is 12.0. The molecule has 38 heavy (non-hydrogen) atoms. The van der Waals surface area contributed by atoms with Crippen LogP contribution in [0.5, 0.6) is 0 Å². The first kappa shape index (κ1) is 29.5. The molecule has 0 aliphatic heterocycles. The highest BCUT2D eigenvalue weighted by Crippen LogP contribution is 2.27. The topological polar surface area (TPSA) is 86.8 Å². The van der Waals surface area contributed by atoms with Gasteiger partial charge in [0.25, 0.3) is 10.0 Å². The minimum Gasteiger partial charge on any atom is -0.355 e. The lowest BCUT2D eigenvalue weighted by Gasteiger charge is -2.33. The van der Waals surface area contributed by atoms with Gasteiger partial charge in [0.05, 0.1) is 20.6 Å². The molecule has 3 aromatic rings. The molecule has 3 rings (SSSR count). The summed E-state index contributed by atoms with van der Waals surface area (Å²) in [5, 5.41) is 3.45. The number of anilines is 1. The van der Waals surface area contributed by atoms with Crippen LogP contribution in [0.15, 0.2) is 77.7 Å². The van der Waals surface area contributed by atoms with Crippen molar-refractivity contribution in [3.05, 3.63) is 94.0 Å². The molecular formula is C28H31Cl2N3O4S. The number of nitrogens with zero attached hydrogens (tertiary/aromatic N) is 2. The minimum absolute atomic E-state index is 0.0402. The largest absolute Gasteiger partial charge is 0.355 e. The van der Waals surface area contributed by atoms with E-state index in [0.29, 0.717) is 34.3 Å².